The topological polar surface area (TPSA) is 46.7 Å². The molecule has 2 heterocycles. The van der Waals surface area contributed by atoms with Gasteiger partial charge >= 0.3 is 0 Å². The molecule has 4 heteroatoms. The predicted octanol–water partition coefficient (Wildman–Crippen LogP) is 5.07. The summed E-state index contributed by atoms with van der Waals surface area (Å²) in [5.41, 5.74) is 7.00. The zero-order chi connectivity index (χ0) is 23.0. The third-order valence-electron chi connectivity index (χ3n) is 8.59. The molecule has 3 unspecified atom stereocenters. The number of anilines is 1. The maximum Gasteiger partial charge on any atom is 0.209 e. The van der Waals surface area contributed by atoms with Crippen LogP contribution in [0.25, 0.3) is 0 Å². The normalized spacial score (nSPS) is 27.5. The molecule has 0 aromatic heterocycles. The first-order chi connectivity index (χ1) is 15.1. The molecule has 5 rings (SSSR count). The van der Waals surface area contributed by atoms with Crippen LogP contribution in [0.5, 0.6) is 0 Å². The SMILES string of the molecule is CN1c2ccccc2C(C)(C)C1CC1=C(O)C(CC2=[N+](C)c3ccccc3C2(C)C)C1O. The molecule has 1 aliphatic carbocycles. The first-order valence-electron chi connectivity index (χ1n) is 11.7. The summed E-state index contributed by atoms with van der Waals surface area (Å²) in [6.07, 6.45) is 0.748. The van der Waals surface area contributed by atoms with Gasteiger partial charge in [0.2, 0.25) is 5.69 Å². The van der Waals surface area contributed by atoms with E-state index in [2.05, 4.69) is 99.8 Å². The van der Waals surface area contributed by atoms with E-state index >= 15 is 0 Å². The Kier molecular flexibility index (Phi) is 4.62. The summed E-state index contributed by atoms with van der Waals surface area (Å²) in [4.78, 5) is 2.31. The van der Waals surface area contributed by atoms with E-state index in [0.717, 1.165) is 5.57 Å². The monoisotopic (exact) mass is 431 g/mol. The fraction of sp³-hybridized carbons (Fsp3) is 0.464. The van der Waals surface area contributed by atoms with Crippen molar-refractivity contribution in [2.75, 3.05) is 19.0 Å². The minimum absolute atomic E-state index is 0.0481. The summed E-state index contributed by atoms with van der Waals surface area (Å²) in [7, 11) is 4.23. The number of likely N-dealkylation sites (N-methyl/N-ethyl adjacent to an activating group) is 1. The van der Waals surface area contributed by atoms with Gasteiger partial charge in [-0.15, -0.1) is 0 Å². The van der Waals surface area contributed by atoms with Gasteiger partial charge < -0.3 is 15.1 Å². The van der Waals surface area contributed by atoms with Gasteiger partial charge in [-0.05, 0) is 37.5 Å². The molecule has 0 fully saturated rings. The second kappa shape index (κ2) is 6.95. The van der Waals surface area contributed by atoms with E-state index in [1.165, 1.54) is 28.2 Å². The third-order valence-corrected chi connectivity index (χ3v) is 8.59. The number of hydrogen-bond acceptors (Lipinski definition) is 3. The van der Waals surface area contributed by atoms with E-state index < -0.39 is 6.10 Å². The second-order valence-electron chi connectivity index (χ2n) is 10.9. The molecule has 168 valence electrons. The summed E-state index contributed by atoms with van der Waals surface area (Å²) in [6, 6.07) is 17.2. The van der Waals surface area contributed by atoms with Crippen molar-refractivity contribution >= 4 is 17.1 Å². The molecule has 0 spiro atoms. The van der Waals surface area contributed by atoms with Crippen molar-refractivity contribution in [3.63, 3.8) is 0 Å². The number of hydrogen-bond donors (Lipinski definition) is 2. The van der Waals surface area contributed by atoms with E-state index in [4.69, 9.17) is 0 Å². The van der Waals surface area contributed by atoms with E-state index in [1.54, 1.807) is 0 Å². The Labute approximate surface area is 191 Å². The van der Waals surface area contributed by atoms with Crippen LogP contribution in [0.1, 0.15) is 51.7 Å². The van der Waals surface area contributed by atoms with Gasteiger partial charge in [-0.2, -0.15) is 0 Å². The van der Waals surface area contributed by atoms with Crippen LogP contribution in [0.3, 0.4) is 0 Å². The van der Waals surface area contributed by atoms with Gasteiger partial charge in [0, 0.05) is 42.2 Å². The van der Waals surface area contributed by atoms with Gasteiger partial charge in [-0.3, -0.25) is 0 Å². The van der Waals surface area contributed by atoms with Crippen molar-refractivity contribution in [3.8, 4) is 0 Å². The Hall–Kier alpha value is -2.59. The Balaban J connectivity index is 1.39. The largest absolute Gasteiger partial charge is 0.512 e. The molecule has 2 aromatic carbocycles. The van der Waals surface area contributed by atoms with Crippen molar-refractivity contribution in [1.29, 1.82) is 0 Å². The zero-order valence-electron chi connectivity index (χ0n) is 20.1. The summed E-state index contributed by atoms with van der Waals surface area (Å²) < 4.78 is 2.25. The number of fused-ring (bicyclic) bond motifs is 2. The van der Waals surface area contributed by atoms with Gasteiger partial charge in [-0.1, -0.05) is 50.2 Å². The Morgan fingerprint density at radius 3 is 2.19 bits per heavy atom. The molecule has 2 aromatic rings. The minimum atomic E-state index is -0.594. The Morgan fingerprint density at radius 2 is 1.56 bits per heavy atom. The quantitative estimate of drug-likeness (QED) is 0.665. The van der Waals surface area contributed by atoms with Crippen LogP contribution in [-0.2, 0) is 10.8 Å². The summed E-state index contributed by atoms with van der Waals surface area (Å²) >= 11 is 0. The molecule has 4 nitrogen and oxygen atoms in total. The van der Waals surface area contributed by atoms with Crippen molar-refractivity contribution in [2.24, 2.45) is 5.92 Å². The van der Waals surface area contributed by atoms with Crippen molar-refractivity contribution in [2.45, 2.75) is 63.5 Å². The summed E-state index contributed by atoms with van der Waals surface area (Å²) in [5, 5.41) is 22.2. The lowest BCUT2D eigenvalue weighted by Crippen LogP contribution is -2.46. The van der Waals surface area contributed by atoms with Crippen LogP contribution >= 0.6 is 0 Å². The van der Waals surface area contributed by atoms with Crippen LogP contribution in [-0.4, -0.2) is 46.7 Å². The zero-order valence-corrected chi connectivity index (χ0v) is 20.1. The first kappa shape index (κ1) is 21.3. The van der Waals surface area contributed by atoms with Crippen molar-refractivity contribution in [1.82, 2.24) is 0 Å². The molecule has 0 saturated heterocycles. The van der Waals surface area contributed by atoms with Crippen LogP contribution in [0.2, 0.25) is 0 Å². The lowest BCUT2D eigenvalue weighted by molar-refractivity contribution is -0.404. The molecule has 0 amide bonds. The predicted molar refractivity (Wildman–Crippen MR) is 130 cm³/mol. The van der Waals surface area contributed by atoms with E-state index in [-0.39, 0.29) is 22.8 Å². The van der Waals surface area contributed by atoms with Crippen LogP contribution in [0.4, 0.5) is 11.4 Å². The molecule has 3 atom stereocenters. The number of aliphatic hydroxyl groups is 2. The van der Waals surface area contributed by atoms with Gasteiger partial charge in [0.1, 0.15) is 12.8 Å². The van der Waals surface area contributed by atoms with E-state index in [9.17, 15) is 10.2 Å². The fourth-order valence-electron chi connectivity index (χ4n) is 6.49. The van der Waals surface area contributed by atoms with E-state index in [0.29, 0.717) is 18.6 Å². The first-order valence-corrected chi connectivity index (χ1v) is 11.7. The van der Waals surface area contributed by atoms with Crippen LogP contribution in [0.15, 0.2) is 59.9 Å². The van der Waals surface area contributed by atoms with Crippen LogP contribution < -0.4 is 4.90 Å². The number of aliphatic hydroxyl groups excluding tert-OH is 2. The highest BCUT2D eigenvalue weighted by Crippen LogP contribution is 2.50. The van der Waals surface area contributed by atoms with Gasteiger partial charge in [-0.25, -0.2) is 4.58 Å². The molecule has 0 saturated carbocycles. The maximum atomic E-state index is 11.1. The number of benzene rings is 2. The molecule has 3 aliphatic rings. The molecule has 0 bridgehead atoms. The standard InChI is InChI=1S/C28H34N2O2/c1-27(2)19-11-7-9-13-21(19)29(5)23(27)15-17-25(31)18(26(17)32)16-24-28(3,4)20-12-8-10-14-22(20)30(24)6/h7-14,17,24-25,31H,15-16H2,1-6H3/p+1. The number of para-hydroxylation sites is 2. The molecule has 0 radical (unpaired) electrons. The fourth-order valence-corrected chi connectivity index (χ4v) is 6.49. The number of nitrogens with zero attached hydrogens (tertiary/aromatic N) is 2. The lowest BCUT2D eigenvalue weighted by atomic mass is 9.69. The molecule has 2 aliphatic heterocycles. The average Bonchev–Trinajstić information content (AvgIpc) is 3.09. The lowest BCUT2D eigenvalue weighted by Gasteiger charge is -2.40. The highest BCUT2D eigenvalue weighted by atomic mass is 16.3. The third kappa shape index (κ3) is 2.75. The summed E-state index contributed by atoms with van der Waals surface area (Å²) in [5.74, 6) is 0.165. The van der Waals surface area contributed by atoms with Gasteiger partial charge in [0.25, 0.3) is 0 Å². The molecular weight excluding hydrogens is 396 g/mol. The Bertz CT molecular complexity index is 1160. The average molecular weight is 432 g/mol. The van der Waals surface area contributed by atoms with E-state index in [1.807, 2.05) is 0 Å². The number of rotatable bonds is 4. The van der Waals surface area contributed by atoms with Gasteiger partial charge in [0.05, 0.1) is 17.4 Å². The van der Waals surface area contributed by atoms with Crippen molar-refractivity contribution < 1.29 is 14.8 Å². The molecule has 32 heavy (non-hydrogen) atoms. The summed E-state index contributed by atoms with van der Waals surface area (Å²) in [6.45, 7) is 9.02. The second-order valence-corrected chi connectivity index (χ2v) is 10.9. The van der Waals surface area contributed by atoms with Crippen molar-refractivity contribution in [3.05, 3.63) is 71.0 Å². The molecular formula is C28H35N2O2+. The Morgan fingerprint density at radius 1 is 0.938 bits per heavy atom. The van der Waals surface area contributed by atoms with Gasteiger partial charge in [0.15, 0.2) is 5.71 Å². The smallest absolute Gasteiger partial charge is 0.209 e. The highest BCUT2D eigenvalue weighted by Gasteiger charge is 2.51. The minimum Gasteiger partial charge on any atom is -0.512 e. The van der Waals surface area contributed by atoms with Crippen LogP contribution in [0, 0.1) is 5.92 Å². The molecule has 2 N–H and O–H groups in total. The maximum absolute atomic E-state index is 11.1. The highest BCUT2D eigenvalue weighted by molar-refractivity contribution is 5.95.